The van der Waals surface area contributed by atoms with Crippen LogP contribution in [0.1, 0.15) is 5.56 Å². The van der Waals surface area contributed by atoms with Crippen LogP contribution in [0.25, 0.3) is 22.4 Å². The molecule has 0 aliphatic rings. The van der Waals surface area contributed by atoms with Crippen molar-refractivity contribution in [2.45, 2.75) is 6.54 Å². The summed E-state index contributed by atoms with van der Waals surface area (Å²) in [6.07, 6.45) is 5.22. The third-order valence-corrected chi connectivity index (χ3v) is 4.05. The van der Waals surface area contributed by atoms with Gasteiger partial charge < -0.3 is 5.73 Å². The van der Waals surface area contributed by atoms with Gasteiger partial charge in [-0.3, -0.25) is 9.67 Å². The molecule has 0 amide bonds. The number of fused-ring (bicyclic) bond motifs is 1. The molecule has 0 radical (unpaired) electrons. The number of halogens is 1. The lowest BCUT2D eigenvalue weighted by Gasteiger charge is -2.03. The molecule has 118 valence electrons. The smallest absolute Gasteiger partial charge is 0.186 e. The summed E-state index contributed by atoms with van der Waals surface area (Å²) in [6.45, 7) is 0.542. The topological polar surface area (TPSA) is 82.5 Å². The lowest BCUT2D eigenvalue weighted by atomic mass is 10.2. The van der Waals surface area contributed by atoms with Gasteiger partial charge in [0.25, 0.3) is 0 Å². The lowest BCUT2D eigenvalue weighted by Crippen LogP contribution is -2.00. The van der Waals surface area contributed by atoms with Crippen molar-refractivity contribution in [2.24, 2.45) is 0 Å². The summed E-state index contributed by atoms with van der Waals surface area (Å²) in [4.78, 5) is 12.9. The minimum atomic E-state index is 0.400. The minimum Gasteiger partial charge on any atom is -0.383 e. The predicted octanol–water partition coefficient (Wildman–Crippen LogP) is 3.17. The van der Waals surface area contributed by atoms with E-state index >= 15 is 0 Å². The Kier molecular flexibility index (Phi) is 3.59. The maximum absolute atomic E-state index is 6.21. The van der Waals surface area contributed by atoms with E-state index in [4.69, 9.17) is 17.3 Å². The lowest BCUT2D eigenvalue weighted by molar-refractivity contribution is 0.693. The number of nitrogens with two attached hydrogens (primary N) is 1. The SMILES string of the molecule is Nc1nc(-c2ccncc2)nc2nn(Cc3ccccc3Cl)cc12. The number of hydrogen-bond acceptors (Lipinski definition) is 5. The summed E-state index contributed by atoms with van der Waals surface area (Å²) < 4.78 is 1.77. The molecule has 3 heterocycles. The molecule has 1 aromatic carbocycles. The average molecular weight is 337 g/mol. The third-order valence-electron chi connectivity index (χ3n) is 3.69. The number of rotatable bonds is 3. The molecule has 3 aromatic heterocycles. The van der Waals surface area contributed by atoms with Crippen LogP contribution < -0.4 is 5.73 Å². The Morgan fingerprint density at radius 1 is 1.04 bits per heavy atom. The molecule has 0 aliphatic heterocycles. The van der Waals surface area contributed by atoms with Gasteiger partial charge in [-0.2, -0.15) is 5.10 Å². The van der Waals surface area contributed by atoms with Gasteiger partial charge in [0, 0.05) is 29.2 Å². The molecule has 0 spiro atoms. The summed E-state index contributed by atoms with van der Waals surface area (Å²) in [5, 5.41) is 5.93. The Hall–Kier alpha value is -2.99. The van der Waals surface area contributed by atoms with Crippen LogP contribution in [0.4, 0.5) is 5.82 Å². The van der Waals surface area contributed by atoms with E-state index in [9.17, 15) is 0 Å². The van der Waals surface area contributed by atoms with E-state index in [0.717, 1.165) is 16.5 Å². The van der Waals surface area contributed by atoms with Crippen molar-refractivity contribution in [1.82, 2.24) is 24.7 Å². The maximum atomic E-state index is 6.21. The van der Waals surface area contributed by atoms with Crippen molar-refractivity contribution in [2.75, 3.05) is 5.73 Å². The van der Waals surface area contributed by atoms with Gasteiger partial charge in [-0.1, -0.05) is 29.8 Å². The van der Waals surface area contributed by atoms with E-state index in [-0.39, 0.29) is 0 Å². The van der Waals surface area contributed by atoms with Gasteiger partial charge in [0.1, 0.15) is 5.82 Å². The number of nitrogen functional groups attached to an aromatic ring is 1. The number of pyridine rings is 1. The van der Waals surface area contributed by atoms with Crippen LogP contribution in [0.3, 0.4) is 0 Å². The second-order valence-corrected chi connectivity index (χ2v) is 5.73. The van der Waals surface area contributed by atoms with Crippen LogP contribution in [0.2, 0.25) is 5.02 Å². The zero-order chi connectivity index (χ0) is 16.5. The van der Waals surface area contributed by atoms with E-state index in [1.54, 1.807) is 17.1 Å². The second kappa shape index (κ2) is 5.90. The fraction of sp³-hybridized carbons (Fsp3) is 0.0588. The molecule has 4 aromatic rings. The van der Waals surface area contributed by atoms with Crippen molar-refractivity contribution >= 4 is 28.5 Å². The largest absolute Gasteiger partial charge is 0.383 e. The van der Waals surface area contributed by atoms with Crippen LogP contribution in [0.15, 0.2) is 55.0 Å². The van der Waals surface area contributed by atoms with Gasteiger partial charge in [-0.05, 0) is 23.8 Å². The minimum absolute atomic E-state index is 0.400. The second-order valence-electron chi connectivity index (χ2n) is 5.32. The van der Waals surface area contributed by atoms with E-state index in [0.29, 0.717) is 28.9 Å². The Bertz CT molecular complexity index is 1010. The molecule has 4 rings (SSSR count). The van der Waals surface area contributed by atoms with Gasteiger partial charge in [0.2, 0.25) is 0 Å². The molecule has 0 saturated carbocycles. The van der Waals surface area contributed by atoms with Crippen LogP contribution in [-0.2, 0) is 6.54 Å². The summed E-state index contributed by atoms with van der Waals surface area (Å²) in [5.41, 5.74) is 8.47. The number of benzene rings is 1. The van der Waals surface area contributed by atoms with Crippen LogP contribution in [-0.4, -0.2) is 24.7 Å². The summed E-state index contributed by atoms with van der Waals surface area (Å²) in [5.74, 6) is 0.933. The molecule has 0 bridgehead atoms. The first-order chi connectivity index (χ1) is 11.7. The molecule has 0 fully saturated rings. The molecule has 6 nitrogen and oxygen atoms in total. The first-order valence-electron chi connectivity index (χ1n) is 7.35. The first-order valence-corrected chi connectivity index (χ1v) is 7.73. The van der Waals surface area contributed by atoms with Gasteiger partial charge in [-0.25, -0.2) is 9.97 Å². The summed E-state index contributed by atoms with van der Waals surface area (Å²) >= 11 is 6.21. The Labute approximate surface area is 143 Å². The third kappa shape index (κ3) is 2.68. The van der Waals surface area contributed by atoms with Crippen molar-refractivity contribution in [1.29, 1.82) is 0 Å². The van der Waals surface area contributed by atoms with E-state index in [1.165, 1.54) is 0 Å². The normalized spacial score (nSPS) is 11.0. The van der Waals surface area contributed by atoms with E-state index < -0.39 is 0 Å². The highest BCUT2D eigenvalue weighted by atomic mass is 35.5. The number of anilines is 1. The summed E-state index contributed by atoms with van der Waals surface area (Å²) in [7, 11) is 0. The zero-order valence-electron chi connectivity index (χ0n) is 12.6. The predicted molar refractivity (Wildman–Crippen MR) is 93.5 cm³/mol. The highest BCUT2D eigenvalue weighted by Gasteiger charge is 2.12. The Morgan fingerprint density at radius 2 is 1.83 bits per heavy atom. The van der Waals surface area contributed by atoms with Crippen LogP contribution in [0, 0.1) is 0 Å². The number of nitrogens with zero attached hydrogens (tertiary/aromatic N) is 5. The van der Waals surface area contributed by atoms with Crippen molar-refractivity contribution in [3.05, 3.63) is 65.6 Å². The van der Waals surface area contributed by atoms with E-state index in [1.807, 2.05) is 42.6 Å². The van der Waals surface area contributed by atoms with Gasteiger partial charge in [0.15, 0.2) is 11.5 Å². The standard InChI is InChI=1S/C17H13ClN6/c18-14-4-2-1-3-12(14)9-24-10-13-15(19)21-16(22-17(13)23-24)11-5-7-20-8-6-11/h1-8,10H,9H2,(H2,19,21,22,23). The monoisotopic (exact) mass is 336 g/mol. The van der Waals surface area contributed by atoms with Crippen molar-refractivity contribution < 1.29 is 0 Å². The fourth-order valence-electron chi connectivity index (χ4n) is 2.49. The molecule has 7 heteroatoms. The van der Waals surface area contributed by atoms with Crippen molar-refractivity contribution in [3.8, 4) is 11.4 Å². The molecule has 0 unspecified atom stereocenters. The van der Waals surface area contributed by atoms with Crippen LogP contribution >= 0.6 is 11.6 Å². The molecule has 0 aliphatic carbocycles. The molecule has 2 N–H and O–H groups in total. The quantitative estimate of drug-likeness (QED) is 0.621. The van der Waals surface area contributed by atoms with E-state index in [2.05, 4.69) is 20.1 Å². The number of hydrogen-bond donors (Lipinski definition) is 1. The zero-order valence-corrected chi connectivity index (χ0v) is 13.4. The van der Waals surface area contributed by atoms with Gasteiger partial charge in [-0.15, -0.1) is 0 Å². The molecule has 0 atom stereocenters. The molecular formula is C17H13ClN6. The maximum Gasteiger partial charge on any atom is 0.186 e. The Balaban J connectivity index is 1.76. The fourth-order valence-corrected chi connectivity index (χ4v) is 2.68. The highest BCUT2D eigenvalue weighted by molar-refractivity contribution is 6.31. The molecular weight excluding hydrogens is 324 g/mol. The number of aromatic nitrogens is 5. The average Bonchev–Trinajstić information content (AvgIpc) is 3.01. The molecule has 0 saturated heterocycles. The highest BCUT2D eigenvalue weighted by Crippen LogP contribution is 2.23. The first kappa shape index (κ1) is 14.6. The van der Waals surface area contributed by atoms with Crippen LogP contribution in [0.5, 0.6) is 0 Å². The van der Waals surface area contributed by atoms with Gasteiger partial charge >= 0.3 is 0 Å². The van der Waals surface area contributed by atoms with Gasteiger partial charge in [0.05, 0.1) is 11.9 Å². The summed E-state index contributed by atoms with van der Waals surface area (Å²) in [6, 6.07) is 11.3. The Morgan fingerprint density at radius 3 is 2.62 bits per heavy atom. The van der Waals surface area contributed by atoms with Crippen molar-refractivity contribution in [3.63, 3.8) is 0 Å². The molecule has 24 heavy (non-hydrogen) atoms.